The van der Waals surface area contributed by atoms with Crippen molar-refractivity contribution in [3.63, 3.8) is 0 Å². The van der Waals surface area contributed by atoms with Crippen molar-refractivity contribution in [1.29, 1.82) is 0 Å². The minimum absolute atomic E-state index is 0.517. The van der Waals surface area contributed by atoms with Crippen molar-refractivity contribution in [1.82, 2.24) is 19.8 Å². The molecule has 0 radical (unpaired) electrons. The number of likely N-dealkylation sites (N-methyl/N-ethyl adjacent to an activating group) is 1. The van der Waals surface area contributed by atoms with Gasteiger partial charge in [-0.15, -0.1) is 11.3 Å². The molecule has 1 aliphatic heterocycles. The largest absolute Gasteiger partial charge is 0.368 e. The summed E-state index contributed by atoms with van der Waals surface area (Å²) in [4.78, 5) is 16.4. The Labute approximate surface area is 142 Å². The number of fused-ring (bicyclic) bond motifs is 1. The predicted octanol–water partition coefficient (Wildman–Crippen LogP) is 2.69. The number of aromatic nitrogens is 2. The van der Waals surface area contributed by atoms with E-state index >= 15 is 0 Å². The van der Waals surface area contributed by atoms with Crippen LogP contribution in [0.3, 0.4) is 0 Å². The molecule has 1 atom stereocenters. The van der Waals surface area contributed by atoms with Gasteiger partial charge in [0.25, 0.3) is 0 Å². The summed E-state index contributed by atoms with van der Waals surface area (Å²) in [6.07, 6.45) is 2.73. The molecule has 5 nitrogen and oxygen atoms in total. The second-order valence-corrected chi connectivity index (χ2v) is 7.32. The van der Waals surface area contributed by atoms with Crippen LogP contribution in [-0.4, -0.2) is 65.1 Å². The first-order valence-corrected chi connectivity index (χ1v) is 9.46. The van der Waals surface area contributed by atoms with Gasteiger partial charge in [-0.2, -0.15) is 0 Å². The van der Waals surface area contributed by atoms with E-state index in [2.05, 4.69) is 51.9 Å². The molecular weight excluding hydrogens is 306 g/mol. The van der Waals surface area contributed by atoms with Gasteiger partial charge >= 0.3 is 0 Å². The van der Waals surface area contributed by atoms with Gasteiger partial charge in [0.2, 0.25) is 0 Å². The van der Waals surface area contributed by atoms with E-state index in [1.165, 1.54) is 18.0 Å². The number of piperazine rings is 1. The number of anilines is 1. The van der Waals surface area contributed by atoms with Crippen molar-refractivity contribution in [3.8, 4) is 0 Å². The van der Waals surface area contributed by atoms with Crippen LogP contribution in [0.15, 0.2) is 12.4 Å². The summed E-state index contributed by atoms with van der Waals surface area (Å²) in [5.74, 6) is 0.977. The third-order valence-corrected chi connectivity index (χ3v) is 5.96. The quantitative estimate of drug-likeness (QED) is 0.880. The molecule has 6 heteroatoms. The third kappa shape index (κ3) is 3.82. The molecule has 0 amide bonds. The molecule has 0 saturated carbocycles. The van der Waals surface area contributed by atoms with Crippen molar-refractivity contribution in [2.45, 2.75) is 33.2 Å². The van der Waals surface area contributed by atoms with E-state index in [4.69, 9.17) is 0 Å². The monoisotopic (exact) mass is 333 g/mol. The smallest absolute Gasteiger partial charge is 0.138 e. The Balaban J connectivity index is 1.61. The highest BCUT2D eigenvalue weighted by molar-refractivity contribution is 7.18. The Morgan fingerprint density at radius 2 is 2.00 bits per heavy atom. The first-order chi connectivity index (χ1) is 11.2. The highest BCUT2D eigenvalue weighted by Gasteiger charge is 2.20. The van der Waals surface area contributed by atoms with Crippen LogP contribution in [0, 0.1) is 0 Å². The fourth-order valence-electron chi connectivity index (χ4n) is 3.11. The fraction of sp³-hybridized carbons (Fsp3) is 0.647. The zero-order valence-corrected chi connectivity index (χ0v) is 15.2. The lowest BCUT2D eigenvalue weighted by molar-refractivity contribution is 0.110. The Morgan fingerprint density at radius 1 is 1.22 bits per heavy atom. The van der Waals surface area contributed by atoms with Gasteiger partial charge in [0, 0.05) is 43.6 Å². The molecule has 1 N–H and O–H groups in total. The SMILES string of the molecule is CCc1cc2c(NC[C@@H](C)N3CCN(CC)CC3)ncnc2s1. The topological polar surface area (TPSA) is 44.3 Å². The molecule has 0 spiro atoms. The molecule has 126 valence electrons. The average Bonchev–Trinajstić information content (AvgIpc) is 3.03. The number of thiophene rings is 1. The number of hydrogen-bond acceptors (Lipinski definition) is 6. The number of aryl methyl sites for hydroxylation is 1. The van der Waals surface area contributed by atoms with Gasteiger partial charge in [-0.3, -0.25) is 4.90 Å². The van der Waals surface area contributed by atoms with E-state index in [0.717, 1.165) is 48.6 Å². The molecule has 1 saturated heterocycles. The molecular formula is C17H27N5S. The van der Waals surface area contributed by atoms with E-state index in [9.17, 15) is 0 Å². The van der Waals surface area contributed by atoms with Crippen LogP contribution in [0.5, 0.6) is 0 Å². The maximum Gasteiger partial charge on any atom is 0.138 e. The lowest BCUT2D eigenvalue weighted by Gasteiger charge is -2.37. The number of nitrogens with one attached hydrogen (secondary N) is 1. The summed E-state index contributed by atoms with van der Waals surface area (Å²) in [6, 6.07) is 2.75. The van der Waals surface area contributed by atoms with Crippen LogP contribution in [0.25, 0.3) is 10.2 Å². The minimum Gasteiger partial charge on any atom is -0.368 e. The lowest BCUT2D eigenvalue weighted by atomic mass is 10.2. The maximum atomic E-state index is 4.45. The highest BCUT2D eigenvalue weighted by atomic mass is 32.1. The molecule has 0 aliphatic carbocycles. The van der Waals surface area contributed by atoms with Crippen molar-refractivity contribution in [2.75, 3.05) is 44.6 Å². The molecule has 0 aromatic carbocycles. The molecule has 3 heterocycles. The molecule has 2 aromatic rings. The molecule has 2 aromatic heterocycles. The second kappa shape index (κ2) is 7.55. The first-order valence-electron chi connectivity index (χ1n) is 8.65. The van der Waals surface area contributed by atoms with E-state index in [1.54, 1.807) is 17.7 Å². The predicted molar refractivity (Wildman–Crippen MR) is 98.4 cm³/mol. The first kappa shape index (κ1) is 16.6. The van der Waals surface area contributed by atoms with Crippen LogP contribution >= 0.6 is 11.3 Å². The fourth-order valence-corrected chi connectivity index (χ4v) is 4.05. The molecule has 3 rings (SSSR count). The summed E-state index contributed by atoms with van der Waals surface area (Å²) in [5, 5.41) is 4.71. The summed E-state index contributed by atoms with van der Waals surface area (Å²) >= 11 is 1.77. The summed E-state index contributed by atoms with van der Waals surface area (Å²) < 4.78 is 0. The maximum absolute atomic E-state index is 4.45. The van der Waals surface area contributed by atoms with E-state index in [1.807, 2.05) is 0 Å². The molecule has 1 fully saturated rings. The van der Waals surface area contributed by atoms with Crippen LogP contribution in [0.2, 0.25) is 0 Å². The molecule has 0 unspecified atom stereocenters. The zero-order chi connectivity index (χ0) is 16.2. The van der Waals surface area contributed by atoms with E-state index in [0.29, 0.717) is 6.04 Å². The van der Waals surface area contributed by atoms with Gasteiger partial charge in [-0.05, 0) is 26.0 Å². The van der Waals surface area contributed by atoms with Crippen LogP contribution in [0.1, 0.15) is 25.6 Å². The Kier molecular flexibility index (Phi) is 5.46. The van der Waals surface area contributed by atoms with Crippen molar-refractivity contribution in [3.05, 3.63) is 17.3 Å². The van der Waals surface area contributed by atoms with Crippen molar-refractivity contribution in [2.24, 2.45) is 0 Å². The standard InChI is InChI=1S/C17H27N5S/c1-4-14-10-15-16(19-12-20-17(15)23-14)18-11-13(3)22-8-6-21(5-2)7-9-22/h10,12-13H,4-9,11H2,1-3H3,(H,18,19,20)/t13-/m1/s1. The number of nitrogens with zero attached hydrogens (tertiary/aromatic N) is 4. The number of hydrogen-bond donors (Lipinski definition) is 1. The van der Waals surface area contributed by atoms with Crippen LogP contribution < -0.4 is 5.32 Å². The summed E-state index contributed by atoms with van der Waals surface area (Å²) in [5.41, 5.74) is 0. The average molecular weight is 334 g/mol. The Morgan fingerprint density at radius 3 is 2.70 bits per heavy atom. The van der Waals surface area contributed by atoms with Gasteiger partial charge in [0.15, 0.2) is 0 Å². The van der Waals surface area contributed by atoms with Crippen LogP contribution in [-0.2, 0) is 6.42 Å². The normalized spacial score (nSPS) is 18.4. The molecule has 23 heavy (non-hydrogen) atoms. The Hall–Kier alpha value is -1.24. The van der Waals surface area contributed by atoms with Gasteiger partial charge in [0.1, 0.15) is 17.0 Å². The summed E-state index contributed by atoms with van der Waals surface area (Å²) in [6.45, 7) is 13.5. The van der Waals surface area contributed by atoms with Gasteiger partial charge in [-0.25, -0.2) is 9.97 Å². The Bertz CT molecular complexity index is 633. The molecule has 0 bridgehead atoms. The van der Waals surface area contributed by atoms with Crippen molar-refractivity contribution < 1.29 is 0 Å². The zero-order valence-electron chi connectivity index (χ0n) is 14.4. The minimum atomic E-state index is 0.517. The van der Waals surface area contributed by atoms with Crippen LogP contribution in [0.4, 0.5) is 5.82 Å². The highest BCUT2D eigenvalue weighted by Crippen LogP contribution is 2.28. The second-order valence-electron chi connectivity index (χ2n) is 6.21. The van der Waals surface area contributed by atoms with E-state index in [-0.39, 0.29) is 0 Å². The lowest BCUT2D eigenvalue weighted by Crippen LogP contribution is -2.51. The van der Waals surface area contributed by atoms with Gasteiger partial charge in [-0.1, -0.05) is 13.8 Å². The van der Waals surface area contributed by atoms with Gasteiger partial charge in [0.05, 0.1) is 5.39 Å². The number of rotatable bonds is 6. The van der Waals surface area contributed by atoms with Crippen molar-refractivity contribution >= 4 is 27.4 Å². The van der Waals surface area contributed by atoms with Gasteiger partial charge < -0.3 is 10.2 Å². The van der Waals surface area contributed by atoms with E-state index < -0.39 is 0 Å². The molecule has 1 aliphatic rings. The third-order valence-electron chi connectivity index (χ3n) is 4.77. The summed E-state index contributed by atoms with van der Waals surface area (Å²) in [7, 11) is 0.